The van der Waals surface area contributed by atoms with Crippen LogP contribution in [-0.2, 0) is 11.2 Å². The van der Waals surface area contributed by atoms with Gasteiger partial charge in [-0.1, -0.05) is 12.1 Å². The number of aromatic nitrogens is 1. The number of nitrogens with one attached hydrogen (secondary N) is 1. The summed E-state index contributed by atoms with van der Waals surface area (Å²) in [5, 5.41) is 3.89. The van der Waals surface area contributed by atoms with Crippen LogP contribution in [0.15, 0.2) is 48.5 Å². The summed E-state index contributed by atoms with van der Waals surface area (Å²) in [4.78, 5) is 22.0. The third kappa shape index (κ3) is 6.85. The number of rotatable bonds is 6. The Morgan fingerprint density at radius 1 is 1.06 bits per heavy atom. The number of aryl methyl sites for hydroxylation is 2. The van der Waals surface area contributed by atoms with Crippen molar-refractivity contribution >= 4 is 28.3 Å². The van der Waals surface area contributed by atoms with Crippen LogP contribution in [0, 0.1) is 6.92 Å². The van der Waals surface area contributed by atoms with Gasteiger partial charge in [0.2, 0.25) is 5.91 Å². The molecule has 0 atom stereocenters. The normalized spacial score (nSPS) is 15.2. The van der Waals surface area contributed by atoms with Crippen molar-refractivity contribution in [2.24, 2.45) is 0 Å². The summed E-state index contributed by atoms with van der Waals surface area (Å²) in [5.74, 6) is 0.529. The number of carbonyl (C=O) groups excluding carboxylic acids is 1. The lowest BCUT2D eigenvalue weighted by Gasteiger charge is -2.22. The number of halogens is 3. The molecule has 1 saturated heterocycles. The van der Waals surface area contributed by atoms with E-state index in [1.807, 2.05) is 18.2 Å². The number of hydrogen-bond donors (Lipinski definition) is 1. The first-order valence-electron chi connectivity index (χ1n) is 11.7. The van der Waals surface area contributed by atoms with Gasteiger partial charge in [0.15, 0.2) is 0 Å². The molecule has 1 fully saturated rings. The van der Waals surface area contributed by atoms with Gasteiger partial charge in [-0.25, -0.2) is 4.98 Å². The smallest absolute Gasteiger partial charge is 0.406 e. The number of carbonyl (C=O) groups is 1. The Kier molecular flexibility index (Phi) is 7.45. The highest BCUT2D eigenvalue weighted by atomic mass is 19.4. The van der Waals surface area contributed by atoms with E-state index in [-0.39, 0.29) is 18.1 Å². The Morgan fingerprint density at radius 3 is 2.57 bits per heavy atom. The van der Waals surface area contributed by atoms with Gasteiger partial charge in [0.05, 0.1) is 5.52 Å². The number of ether oxygens (including phenoxy) is 1. The minimum absolute atomic E-state index is 0.170. The van der Waals surface area contributed by atoms with Crippen molar-refractivity contribution in [1.82, 2.24) is 9.88 Å². The summed E-state index contributed by atoms with van der Waals surface area (Å²) in [6.07, 6.45) is -3.01. The first-order valence-corrected chi connectivity index (χ1v) is 11.7. The number of hydrogen-bond acceptors (Lipinski definition) is 5. The van der Waals surface area contributed by atoms with Gasteiger partial charge in [0, 0.05) is 37.1 Å². The van der Waals surface area contributed by atoms with Gasteiger partial charge < -0.3 is 19.9 Å². The van der Waals surface area contributed by atoms with Crippen molar-refractivity contribution in [3.8, 4) is 5.75 Å². The van der Waals surface area contributed by atoms with E-state index >= 15 is 0 Å². The molecule has 0 saturated carbocycles. The number of nitrogens with zero attached hydrogens (tertiary/aromatic N) is 3. The molecule has 0 aliphatic carbocycles. The molecule has 1 N–H and O–H groups in total. The maximum atomic E-state index is 12.5. The summed E-state index contributed by atoms with van der Waals surface area (Å²) in [5.41, 5.74) is 3.42. The summed E-state index contributed by atoms with van der Waals surface area (Å²) in [6.45, 7) is 6.07. The van der Waals surface area contributed by atoms with Gasteiger partial charge in [0.25, 0.3) is 0 Å². The number of amides is 1. The molecule has 0 radical (unpaired) electrons. The van der Waals surface area contributed by atoms with Gasteiger partial charge in [-0.3, -0.25) is 4.79 Å². The molecule has 2 heterocycles. The van der Waals surface area contributed by atoms with Crippen molar-refractivity contribution in [3.05, 3.63) is 59.7 Å². The predicted octanol–water partition coefficient (Wildman–Crippen LogP) is 5.16. The highest BCUT2D eigenvalue weighted by molar-refractivity contribution is 5.94. The number of likely N-dealkylation sites (N-methyl/N-ethyl adjacent to an activating group) is 1. The number of pyridine rings is 1. The lowest BCUT2D eigenvalue weighted by atomic mass is 10.1. The van der Waals surface area contributed by atoms with Crippen LogP contribution >= 0.6 is 0 Å². The SMILES string of the molecule is Cc1cc(N2CCCN(C)CC2)nc2ccc(NC(=O)CCc3ccc(OC(F)(F)F)cc3)cc12. The van der Waals surface area contributed by atoms with Crippen LogP contribution in [0.2, 0.25) is 0 Å². The highest BCUT2D eigenvalue weighted by Gasteiger charge is 2.30. The van der Waals surface area contributed by atoms with E-state index in [0.29, 0.717) is 12.1 Å². The summed E-state index contributed by atoms with van der Waals surface area (Å²) >= 11 is 0. The first-order chi connectivity index (χ1) is 16.7. The van der Waals surface area contributed by atoms with Crippen molar-refractivity contribution in [1.29, 1.82) is 0 Å². The summed E-state index contributed by atoms with van der Waals surface area (Å²) in [6, 6.07) is 13.3. The zero-order valence-corrected chi connectivity index (χ0v) is 19.9. The zero-order valence-electron chi connectivity index (χ0n) is 19.9. The van der Waals surface area contributed by atoms with Crippen molar-refractivity contribution in [3.63, 3.8) is 0 Å². The second-order valence-corrected chi connectivity index (χ2v) is 8.91. The van der Waals surface area contributed by atoms with Crippen LogP contribution < -0.4 is 15.0 Å². The third-order valence-electron chi connectivity index (χ3n) is 6.13. The molecule has 0 spiro atoms. The van der Waals surface area contributed by atoms with Gasteiger partial charge in [0.1, 0.15) is 11.6 Å². The summed E-state index contributed by atoms with van der Waals surface area (Å²) < 4.78 is 40.7. The van der Waals surface area contributed by atoms with Crippen LogP contribution in [-0.4, -0.2) is 55.4 Å². The fourth-order valence-electron chi connectivity index (χ4n) is 4.23. The molecule has 6 nitrogen and oxygen atoms in total. The Hall–Kier alpha value is -3.33. The average Bonchev–Trinajstić information content (AvgIpc) is 3.02. The second kappa shape index (κ2) is 10.5. The van der Waals surface area contributed by atoms with Crippen LogP contribution in [0.3, 0.4) is 0 Å². The number of anilines is 2. The topological polar surface area (TPSA) is 57.7 Å². The molecule has 2 aromatic carbocycles. The summed E-state index contributed by atoms with van der Waals surface area (Å²) in [7, 11) is 2.14. The maximum Gasteiger partial charge on any atom is 0.573 e. The molecule has 1 aliphatic rings. The molecule has 1 aromatic heterocycles. The van der Waals surface area contributed by atoms with Crippen LogP contribution in [0.1, 0.15) is 24.0 Å². The second-order valence-electron chi connectivity index (χ2n) is 8.91. The molecule has 1 aliphatic heterocycles. The van der Waals surface area contributed by atoms with E-state index < -0.39 is 6.36 Å². The average molecular weight is 487 g/mol. The molecule has 3 aromatic rings. The van der Waals surface area contributed by atoms with E-state index in [1.165, 1.54) is 24.3 Å². The molecular weight excluding hydrogens is 457 g/mol. The monoisotopic (exact) mass is 486 g/mol. The molecular formula is C26H29F3N4O2. The predicted molar refractivity (Wildman–Crippen MR) is 131 cm³/mol. The van der Waals surface area contributed by atoms with Gasteiger partial charge in [-0.2, -0.15) is 0 Å². The first kappa shape index (κ1) is 24.8. The lowest BCUT2D eigenvalue weighted by Crippen LogP contribution is -2.29. The molecule has 4 rings (SSSR count). The van der Waals surface area contributed by atoms with Crippen LogP contribution in [0.4, 0.5) is 24.7 Å². The molecule has 35 heavy (non-hydrogen) atoms. The fourth-order valence-corrected chi connectivity index (χ4v) is 4.23. The Bertz CT molecular complexity index is 1180. The number of benzene rings is 2. The van der Waals surface area contributed by atoms with E-state index in [2.05, 4.69) is 39.9 Å². The van der Waals surface area contributed by atoms with Gasteiger partial charge >= 0.3 is 6.36 Å². The van der Waals surface area contributed by atoms with E-state index in [9.17, 15) is 18.0 Å². The zero-order chi connectivity index (χ0) is 25.0. The maximum absolute atomic E-state index is 12.5. The lowest BCUT2D eigenvalue weighted by molar-refractivity contribution is -0.274. The highest BCUT2D eigenvalue weighted by Crippen LogP contribution is 2.26. The largest absolute Gasteiger partial charge is 0.573 e. The molecule has 1 amide bonds. The van der Waals surface area contributed by atoms with Gasteiger partial charge in [-0.05, 0) is 80.9 Å². The molecule has 0 bridgehead atoms. The van der Waals surface area contributed by atoms with Crippen LogP contribution in [0.5, 0.6) is 5.75 Å². The molecule has 186 valence electrons. The van der Waals surface area contributed by atoms with E-state index in [1.54, 1.807) is 0 Å². The Morgan fingerprint density at radius 2 is 1.83 bits per heavy atom. The quantitative estimate of drug-likeness (QED) is 0.522. The third-order valence-corrected chi connectivity index (χ3v) is 6.13. The Labute approximate surface area is 202 Å². The van der Waals surface area contributed by atoms with Crippen molar-refractivity contribution in [2.75, 3.05) is 43.4 Å². The van der Waals surface area contributed by atoms with Crippen molar-refractivity contribution < 1.29 is 22.7 Å². The minimum atomic E-state index is -4.72. The standard InChI is InChI=1S/C26H29F3N4O2/c1-18-16-24(33-13-3-12-32(2)14-15-33)31-23-10-7-20(17-22(18)23)30-25(34)11-6-19-4-8-21(9-5-19)35-26(27,28)29/h4-5,7-10,16-17H,3,6,11-15H2,1-2H3,(H,30,34). The Balaban J connectivity index is 1.37. The van der Waals surface area contributed by atoms with Crippen LogP contribution in [0.25, 0.3) is 10.9 Å². The minimum Gasteiger partial charge on any atom is -0.406 e. The van der Waals surface area contributed by atoms with E-state index in [4.69, 9.17) is 4.98 Å². The number of fused-ring (bicyclic) bond motifs is 1. The fraction of sp³-hybridized carbons (Fsp3) is 0.385. The van der Waals surface area contributed by atoms with E-state index in [0.717, 1.165) is 60.4 Å². The molecule has 9 heteroatoms. The van der Waals surface area contributed by atoms with Gasteiger partial charge in [-0.15, -0.1) is 13.2 Å². The number of alkyl halides is 3. The van der Waals surface area contributed by atoms with Crippen molar-refractivity contribution in [2.45, 2.75) is 32.5 Å². The molecule has 0 unspecified atom stereocenters.